The van der Waals surface area contributed by atoms with E-state index in [9.17, 15) is 14.0 Å². The summed E-state index contributed by atoms with van der Waals surface area (Å²) in [5.74, 6) is -0.432. The number of halogens is 1. The number of amides is 1. The van der Waals surface area contributed by atoms with E-state index in [2.05, 4.69) is 10.1 Å². The van der Waals surface area contributed by atoms with Crippen LogP contribution in [0.15, 0.2) is 35.5 Å². The summed E-state index contributed by atoms with van der Waals surface area (Å²) in [4.78, 5) is 30.9. The molecule has 8 nitrogen and oxygen atoms in total. The summed E-state index contributed by atoms with van der Waals surface area (Å²) in [7, 11) is 3.11. The summed E-state index contributed by atoms with van der Waals surface area (Å²) in [6.07, 6.45) is 3.04. The Hall–Kier alpha value is -3.23. The molecule has 0 spiro atoms. The normalized spacial score (nSPS) is 11.0. The summed E-state index contributed by atoms with van der Waals surface area (Å²) in [5.41, 5.74) is 0.944. The first-order valence-corrected chi connectivity index (χ1v) is 8.92. The lowest BCUT2D eigenvalue weighted by molar-refractivity contribution is -0.131. The smallest absolute Gasteiger partial charge is 0.264 e. The van der Waals surface area contributed by atoms with Crippen molar-refractivity contribution in [2.75, 3.05) is 13.7 Å². The average molecular weight is 387 g/mol. The maximum absolute atomic E-state index is 13.9. The molecule has 1 aromatic carbocycles. The third-order valence-electron chi connectivity index (χ3n) is 4.61. The topological polar surface area (TPSA) is 82.2 Å². The molecule has 0 N–H and O–H groups in total. The highest BCUT2D eigenvalue weighted by atomic mass is 19.1. The van der Waals surface area contributed by atoms with E-state index in [1.165, 1.54) is 41.0 Å². The predicted octanol–water partition coefficient (Wildman–Crippen LogP) is 1.72. The van der Waals surface area contributed by atoms with Gasteiger partial charge >= 0.3 is 0 Å². The molecule has 3 rings (SSSR count). The highest BCUT2D eigenvalue weighted by molar-refractivity contribution is 5.76. The Kier molecular flexibility index (Phi) is 5.72. The van der Waals surface area contributed by atoms with Crippen LogP contribution in [0, 0.1) is 5.82 Å². The lowest BCUT2D eigenvalue weighted by Crippen LogP contribution is -2.32. The molecule has 0 radical (unpaired) electrons. The number of hydrogen-bond donors (Lipinski definition) is 0. The van der Waals surface area contributed by atoms with Gasteiger partial charge in [-0.1, -0.05) is 6.07 Å². The standard InChI is InChI=1S/C19H22FN5O3/c1-4-24(11-13-5-6-16(28-3)15(20)9-13)17(26)7-8-25-12-21-18-14(19(25)27)10-22-23(18)2/h5-6,9-10,12H,4,7-8,11H2,1-3H3. The quantitative estimate of drug-likeness (QED) is 0.617. The lowest BCUT2D eigenvalue weighted by atomic mass is 10.2. The van der Waals surface area contributed by atoms with Crippen LogP contribution in [0.5, 0.6) is 5.75 Å². The van der Waals surface area contributed by atoms with Crippen LogP contribution in [0.3, 0.4) is 0 Å². The first kappa shape index (κ1) is 19.5. The second kappa shape index (κ2) is 8.20. The number of carbonyl (C=O) groups is 1. The Morgan fingerprint density at radius 1 is 1.36 bits per heavy atom. The molecule has 0 aliphatic carbocycles. The molecule has 0 aliphatic heterocycles. The highest BCUT2D eigenvalue weighted by Crippen LogP contribution is 2.19. The van der Waals surface area contributed by atoms with Gasteiger partial charge in [0.15, 0.2) is 17.2 Å². The number of aromatic nitrogens is 4. The SMILES string of the molecule is CCN(Cc1ccc(OC)c(F)c1)C(=O)CCn1cnc2c(cnn2C)c1=O. The van der Waals surface area contributed by atoms with Crippen molar-refractivity contribution in [2.24, 2.45) is 7.05 Å². The van der Waals surface area contributed by atoms with Crippen LogP contribution < -0.4 is 10.3 Å². The van der Waals surface area contributed by atoms with Gasteiger partial charge in [0.25, 0.3) is 5.56 Å². The van der Waals surface area contributed by atoms with Gasteiger partial charge < -0.3 is 9.64 Å². The van der Waals surface area contributed by atoms with Crippen molar-refractivity contribution < 1.29 is 13.9 Å². The van der Waals surface area contributed by atoms with Crippen LogP contribution in [-0.2, 0) is 24.9 Å². The molecule has 2 heterocycles. The van der Waals surface area contributed by atoms with Gasteiger partial charge in [-0.2, -0.15) is 5.10 Å². The van der Waals surface area contributed by atoms with E-state index in [1.54, 1.807) is 18.0 Å². The van der Waals surface area contributed by atoms with E-state index in [0.29, 0.717) is 23.1 Å². The average Bonchev–Trinajstić information content (AvgIpc) is 3.07. The molecule has 0 aliphatic rings. The Morgan fingerprint density at radius 3 is 2.82 bits per heavy atom. The van der Waals surface area contributed by atoms with Crippen molar-refractivity contribution in [1.82, 2.24) is 24.2 Å². The van der Waals surface area contributed by atoms with Gasteiger partial charge in [-0.25, -0.2) is 9.37 Å². The van der Waals surface area contributed by atoms with Crippen LogP contribution in [0.4, 0.5) is 4.39 Å². The van der Waals surface area contributed by atoms with E-state index in [4.69, 9.17) is 4.74 Å². The third-order valence-corrected chi connectivity index (χ3v) is 4.61. The number of fused-ring (bicyclic) bond motifs is 1. The molecular formula is C19H22FN5O3. The predicted molar refractivity (Wildman–Crippen MR) is 101 cm³/mol. The fraction of sp³-hybridized carbons (Fsp3) is 0.368. The minimum absolute atomic E-state index is 0.128. The van der Waals surface area contributed by atoms with Gasteiger partial charge in [-0.3, -0.25) is 18.8 Å². The van der Waals surface area contributed by atoms with Crippen molar-refractivity contribution >= 4 is 16.9 Å². The zero-order valence-electron chi connectivity index (χ0n) is 16.1. The van der Waals surface area contributed by atoms with E-state index in [0.717, 1.165) is 0 Å². The second-order valence-electron chi connectivity index (χ2n) is 6.38. The van der Waals surface area contributed by atoms with Crippen LogP contribution in [0.2, 0.25) is 0 Å². The summed E-state index contributed by atoms with van der Waals surface area (Å²) in [6, 6.07) is 4.62. The van der Waals surface area contributed by atoms with Gasteiger partial charge in [0.2, 0.25) is 5.91 Å². The van der Waals surface area contributed by atoms with Crippen molar-refractivity contribution in [3.63, 3.8) is 0 Å². The largest absolute Gasteiger partial charge is 0.494 e. The van der Waals surface area contributed by atoms with Crippen LogP contribution in [0.25, 0.3) is 11.0 Å². The Balaban J connectivity index is 1.68. The van der Waals surface area contributed by atoms with Crippen molar-refractivity contribution in [3.8, 4) is 5.75 Å². The van der Waals surface area contributed by atoms with Crippen LogP contribution in [0.1, 0.15) is 18.9 Å². The zero-order valence-corrected chi connectivity index (χ0v) is 16.1. The minimum atomic E-state index is -0.467. The summed E-state index contributed by atoms with van der Waals surface area (Å²) in [6.45, 7) is 2.82. The van der Waals surface area contributed by atoms with Crippen LogP contribution >= 0.6 is 0 Å². The molecular weight excluding hydrogens is 365 g/mol. The van der Waals surface area contributed by atoms with Gasteiger partial charge in [-0.15, -0.1) is 0 Å². The number of ether oxygens (including phenoxy) is 1. The van der Waals surface area contributed by atoms with E-state index < -0.39 is 5.82 Å². The number of benzene rings is 1. The van der Waals surface area contributed by atoms with Gasteiger partial charge in [0.1, 0.15) is 5.39 Å². The van der Waals surface area contributed by atoms with E-state index in [-0.39, 0.29) is 36.7 Å². The number of methoxy groups -OCH3 is 1. The van der Waals surface area contributed by atoms with Gasteiger partial charge in [0, 0.05) is 33.1 Å². The monoisotopic (exact) mass is 387 g/mol. The number of carbonyl (C=O) groups excluding carboxylic acids is 1. The molecule has 0 bridgehead atoms. The number of nitrogens with zero attached hydrogens (tertiary/aromatic N) is 5. The van der Waals surface area contributed by atoms with Gasteiger partial charge in [0.05, 0.1) is 19.6 Å². The van der Waals surface area contributed by atoms with Crippen molar-refractivity contribution in [1.29, 1.82) is 0 Å². The summed E-state index contributed by atoms with van der Waals surface area (Å²) in [5, 5.41) is 4.44. The zero-order chi connectivity index (χ0) is 20.3. The molecule has 0 unspecified atom stereocenters. The molecule has 0 atom stereocenters. The molecule has 1 amide bonds. The summed E-state index contributed by atoms with van der Waals surface area (Å²) < 4.78 is 21.7. The Bertz CT molecular complexity index is 1060. The maximum atomic E-state index is 13.9. The lowest BCUT2D eigenvalue weighted by Gasteiger charge is -2.21. The molecule has 9 heteroatoms. The van der Waals surface area contributed by atoms with E-state index in [1.807, 2.05) is 6.92 Å². The Morgan fingerprint density at radius 2 is 2.14 bits per heavy atom. The molecule has 0 saturated carbocycles. The Labute approximate surface area is 161 Å². The fourth-order valence-electron chi connectivity index (χ4n) is 3.01. The first-order valence-electron chi connectivity index (χ1n) is 8.92. The maximum Gasteiger partial charge on any atom is 0.264 e. The van der Waals surface area contributed by atoms with Crippen molar-refractivity contribution in [3.05, 3.63) is 52.5 Å². The molecule has 0 saturated heterocycles. The molecule has 2 aromatic heterocycles. The van der Waals surface area contributed by atoms with Crippen molar-refractivity contribution in [2.45, 2.75) is 26.4 Å². The molecule has 28 heavy (non-hydrogen) atoms. The number of rotatable bonds is 7. The molecule has 148 valence electrons. The second-order valence-corrected chi connectivity index (χ2v) is 6.38. The highest BCUT2D eigenvalue weighted by Gasteiger charge is 2.15. The van der Waals surface area contributed by atoms with Crippen LogP contribution in [-0.4, -0.2) is 43.8 Å². The molecule has 3 aromatic rings. The fourth-order valence-corrected chi connectivity index (χ4v) is 3.01. The molecule has 0 fully saturated rings. The third kappa shape index (κ3) is 3.88. The summed E-state index contributed by atoms with van der Waals surface area (Å²) >= 11 is 0. The minimum Gasteiger partial charge on any atom is -0.494 e. The first-order chi connectivity index (χ1) is 13.4. The number of aryl methyl sites for hydroxylation is 2. The van der Waals surface area contributed by atoms with E-state index >= 15 is 0 Å². The number of hydrogen-bond acceptors (Lipinski definition) is 5. The van der Waals surface area contributed by atoms with Gasteiger partial charge in [-0.05, 0) is 24.6 Å².